The predicted octanol–water partition coefficient (Wildman–Crippen LogP) is 2.64. The van der Waals surface area contributed by atoms with Gasteiger partial charge in [-0.3, -0.25) is 0 Å². The Morgan fingerprint density at radius 3 is 2.00 bits per heavy atom. The molecule has 0 aliphatic rings. The summed E-state index contributed by atoms with van der Waals surface area (Å²) in [5.41, 5.74) is 0. The minimum Gasteiger partial charge on any atom is -0.463 e. The van der Waals surface area contributed by atoms with E-state index in [2.05, 4.69) is 6.92 Å². The van der Waals surface area contributed by atoms with Crippen LogP contribution in [0.1, 0.15) is 46.0 Å². The Bertz CT molecular complexity index is 286. The van der Waals surface area contributed by atoms with Crippen molar-refractivity contribution in [3.63, 3.8) is 0 Å². The number of hydrogen-bond acceptors (Lipinski definition) is 5. The van der Waals surface area contributed by atoms with E-state index in [0.29, 0.717) is 19.8 Å². The number of carbonyl (C=O) groups is 2. The first kappa shape index (κ1) is 18.6. The zero-order valence-corrected chi connectivity index (χ0v) is 12.6. The van der Waals surface area contributed by atoms with Crippen LogP contribution in [0.3, 0.4) is 0 Å². The van der Waals surface area contributed by atoms with Gasteiger partial charge in [-0.25, -0.2) is 9.59 Å². The highest BCUT2D eigenvalue weighted by Crippen LogP contribution is 2.02. The summed E-state index contributed by atoms with van der Waals surface area (Å²) in [7, 11) is 0. The Morgan fingerprint density at radius 2 is 1.40 bits per heavy atom. The molecule has 0 spiro atoms. The fraction of sp³-hybridized carbons (Fsp3) is 0.733. The van der Waals surface area contributed by atoms with Crippen molar-refractivity contribution < 1.29 is 23.8 Å². The van der Waals surface area contributed by atoms with Crippen LogP contribution in [0.2, 0.25) is 0 Å². The lowest BCUT2D eigenvalue weighted by Gasteiger charge is -2.02. The van der Waals surface area contributed by atoms with Gasteiger partial charge in [-0.05, 0) is 13.3 Å². The van der Waals surface area contributed by atoms with Crippen LogP contribution >= 0.6 is 0 Å². The van der Waals surface area contributed by atoms with Gasteiger partial charge in [0, 0.05) is 18.8 Å². The monoisotopic (exact) mass is 286 g/mol. The van der Waals surface area contributed by atoms with E-state index in [1.54, 1.807) is 0 Å². The van der Waals surface area contributed by atoms with E-state index in [9.17, 15) is 9.59 Å². The van der Waals surface area contributed by atoms with E-state index in [4.69, 9.17) is 14.2 Å². The Balaban J connectivity index is 3.53. The van der Waals surface area contributed by atoms with Crippen molar-refractivity contribution in [2.45, 2.75) is 46.0 Å². The fourth-order valence-electron chi connectivity index (χ4n) is 1.46. The third-order valence-electron chi connectivity index (χ3n) is 2.52. The molecule has 0 fully saturated rings. The summed E-state index contributed by atoms with van der Waals surface area (Å²) in [5.74, 6) is -1.08. The lowest BCUT2D eigenvalue weighted by molar-refractivity contribution is -0.141. The molecule has 0 bridgehead atoms. The maximum absolute atomic E-state index is 11.3. The number of esters is 2. The zero-order valence-electron chi connectivity index (χ0n) is 12.6. The van der Waals surface area contributed by atoms with Gasteiger partial charge in [-0.1, -0.05) is 32.6 Å². The quantitative estimate of drug-likeness (QED) is 0.313. The van der Waals surface area contributed by atoms with E-state index in [1.165, 1.54) is 12.8 Å². The lowest BCUT2D eigenvalue weighted by atomic mass is 10.2. The molecule has 0 saturated carbocycles. The second-order valence-corrected chi connectivity index (χ2v) is 4.28. The first-order chi connectivity index (χ1) is 9.70. The van der Waals surface area contributed by atoms with Gasteiger partial charge in [-0.15, -0.1) is 0 Å². The highest BCUT2D eigenvalue weighted by Gasteiger charge is 2.01. The molecule has 0 aliphatic heterocycles. The standard InChI is InChI=1S/C15H26O5/c1-3-5-6-7-8-11-19-14(16)9-10-15(17)20-13-12-18-4-2/h9-10H,3-8,11-13H2,1-2H3/b10-9+. The summed E-state index contributed by atoms with van der Waals surface area (Å²) >= 11 is 0. The molecule has 5 nitrogen and oxygen atoms in total. The molecule has 0 saturated heterocycles. The maximum Gasteiger partial charge on any atom is 0.331 e. The van der Waals surface area contributed by atoms with Crippen LogP contribution in [0.25, 0.3) is 0 Å². The molecule has 0 unspecified atom stereocenters. The van der Waals surface area contributed by atoms with Crippen molar-refractivity contribution in [3.05, 3.63) is 12.2 Å². The van der Waals surface area contributed by atoms with Gasteiger partial charge in [0.25, 0.3) is 0 Å². The van der Waals surface area contributed by atoms with E-state index >= 15 is 0 Å². The molecule has 0 radical (unpaired) electrons. The van der Waals surface area contributed by atoms with Gasteiger partial charge in [0.15, 0.2) is 0 Å². The van der Waals surface area contributed by atoms with Crippen molar-refractivity contribution in [1.82, 2.24) is 0 Å². The summed E-state index contributed by atoms with van der Waals surface area (Å²) in [6.07, 6.45) is 7.65. The molecule has 0 heterocycles. The van der Waals surface area contributed by atoms with Gasteiger partial charge in [0.2, 0.25) is 0 Å². The molecule has 116 valence electrons. The smallest absolute Gasteiger partial charge is 0.331 e. The van der Waals surface area contributed by atoms with E-state index in [1.807, 2.05) is 6.92 Å². The highest BCUT2D eigenvalue weighted by molar-refractivity contribution is 5.91. The summed E-state index contributed by atoms with van der Waals surface area (Å²) in [6, 6.07) is 0. The zero-order chi connectivity index (χ0) is 15.1. The predicted molar refractivity (Wildman–Crippen MR) is 76.3 cm³/mol. The topological polar surface area (TPSA) is 61.8 Å². The molecular formula is C15H26O5. The van der Waals surface area contributed by atoms with Gasteiger partial charge in [-0.2, -0.15) is 0 Å². The van der Waals surface area contributed by atoms with Crippen LogP contribution in [-0.4, -0.2) is 38.4 Å². The van der Waals surface area contributed by atoms with Crippen molar-refractivity contribution in [2.75, 3.05) is 26.4 Å². The van der Waals surface area contributed by atoms with E-state index in [-0.39, 0.29) is 6.61 Å². The molecule has 0 rings (SSSR count). The molecule has 5 heteroatoms. The molecule has 0 aromatic carbocycles. The molecule has 0 amide bonds. The highest BCUT2D eigenvalue weighted by atomic mass is 16.6. The van der Waals surface area contributed by atoms with E-state index in [0.717, 1.165) is 31.4 Å². The first-order valence-corrected chi connectivity index (χ1v) is 7.30. The normalized spacial score (nSPS) is 10.7. The number of rotatable bonds is 12. The molecule has 20 heavy (non-hydrogen) atoms. The Labute approximate surface area is 121 Å². The van der Waals surface area contributed by atoms with Crippen molar-refractivity contribution >= 4 is 11.9 Å². The average molecular weight is 286 g/mol. The summed E-state index contributed by atoms with van der Waals surface area (Å²) in [4.78, 5) is 22.5. The molecule has 0 atom stereocenters. The third kappa shape index (κ3) is 13.1. The number of hydrogen-bond donors (Lipinski definition) is 0. The second kappa shape index (κ2) is 14.1. The largest absolute Gasteiger partial charge is 0.463 e. The van der Waals surface area contributed by atoms with Crippen LogP contribution in [0.5, 0.6) is 0 Å². The number of unbranched alkanes of at least 4 members (excludes halogenated alkanes) is 4. The SMILES string of the molecule is CCCCCCCOC(=O)/C=C/C(=O)OCCOCC. The minimum atomic E-state index is -0.565. The van der Waals surface area contributed by atoms with Crippen LogP contribution in [0.4, 0.5) is 0 Å². The van der Waals surface area contributed by atoms with Gasteiger partial charge in [0.1, 0.15) is 6.61 Å². The van der Waals surface area contributed by atoms with Crippen molar-refractivity contribution in [2.24, 2.45) is 0 Å². The van der Waals surface area contributed by atoms with Crippen LogP contribution in [0, 0.1) is 0 Å². The average Bonchev–Trinajstić information content (AvgIpc) is 2.45. The Kier molecular flexibility index (Phi) is 13.1. The molecule has 0 aromatic heterocycles. The minimum absolute atomic E-state index is 0.184. The summed E-state index contributed by atoms with van der Waals surface area (Å²) in [6.45, 7) is 5.53. The molecular weight excluding hydrogens is 260 g/mol. The second-order valence-electron chi connectivity index (χ2n) is 4.28. The van der Waals surface area contributed by atoms with Crippen molar-refractivity contribution in [3.8, 4) is 0 Å². The number of ether oxygens (including phenoxy) is 3. The number of carbonyl (C=O) groups excluding carboxylic acids is 2. The lowest BCUT2D eigenvalue weighted by Crippen LogP contribution is -2.09. The first-order valence-electron chi connectivity index (χ1n) is 7.30. The van der Waals surface area contributed by atoms with E-state index < -0.39 is 11.9 Å². The Hall–Kier alpha value is -1.36. The van der Waals surface area contributed by atoms with Gasteiger partial charge < -0.3 is 14.2 Å². The summed E-state index contributed by atoms with van der Waals surface area (Å²) < 4.78 is 14.8. The molecule has 0 N–H and O–H groups in total. The molecule has 0 aliphatic carbocycles. The van der Waals surface area contributed by atoms with Crippen LogP contribution in [0.15, 0.2) is 12.2 Å². The summed E-state index contributed by atoms with van der Waals surface area (Å²) in [5, 5.41) is 0. The van der Waals surface area contributed by atoms with Crippen molar-refractivity contribution in [1.29, 1.82) is 0 Å². The van der Waals surface area contributed by atoms with Gasteiger partial charge >= 0.3 is 11.9 Å². The maximum atomic E-state index is 11.3. The molecule has 0 aromatic rings. The van der Waals surface area contributed by atoms with Crippen LogP contribution in [-0.2, 0) is 23.8 Å². The van der Waals surface area contributed by atoms with Crippen LogP contribution < -0.4 is 0 Å². The third-order valence-corrected chi connectivity index (χ3v) is 2.52. The fourth-order valence-corrected chi connectivity index (χ4v) is 1.46. The Morgan fingerprint density at radius 1 is 0.800 bits per heavy atom. The van der Waals surface area contributed by atoms with Gasteiger partial charge in [0.05, 0.1) is 13.2 Å².